The summed E-state index contributed by atoms with van der Waals surface area (Å²) in [5.41, 5.74) is 0.513. The first-order valence-electron chi connectivity index (χ1n) is 10.1. The Labute approximate surface area is 188 Å². The lowest BCUT2D eigenvalue weighted by molar-refractivity contribution is -0.157. The van der Waals surface area contributed by atoms with Gasteiger partial charge in [0.2, 0.25) is 0 Å². The second-order valence-corrected chi connectivity index (χ2v) is 9.85. The zero-order chi connectivity index (χ0) is 23.4. The molecule has 0 radical (unpaired) electrons. The van der Waals surface area contributed by atoms with Crippen molar-refractivity contribution < 1.29 is 27.2 Å². The van der Waals surface area contributed by atoms with Crippen LogP contribution in [-0.4, -0.2) is 31.1 Å². The van der Waals surface area contributed by atoms with Gasteiger partial charge in [-0.15, -0.1) is 0 Å². The summed E-state index contributed by atoms with van der Waals surface area (Å²) in [7, 11) is -4.66. The molecule has 0 aliphatic carbocycles. The maximum absolute atomic E-state index is 13.0. The second kappa shape index (κ2) is 9.14. The van der Waals surface area contributed by atoms with Crippen molar-refractivity contribution in [1.29, 1.82) is 0 Å². The number of hydrogen-bond acceptors (Lipinski definition) is 5. The molecule has 3 aromatic rings. The first-order chi connectivity index (χ1) is 15.0. The zero-order valence-corrected chi connectivity index (χ0v) is 19.0. The van der Waals surface area contributed by atoms with Crippen LogP contribution in [0.25, 0.3) is 0 Å². The lowest BCUT2D eigenvalue weighted by atomic mass is 9.84. The van der Waals surface area contributed by atoms with Gasteiger partial charge in [0.1, 0.15) is 11.4 Å². The predicted molar refractivity (Wildman–Crippen MR) is 122 cm³/mol. The Balaban J connectivity index is 2.03. The van der Waals surface area contributed by atoms with E-state index in [0.29, 0.717) is 22.4 Å². The average molecular weight is 455 g/mol. The Bertz CT molecular complexity index is 1110. The number of benzene rings is 3. The maximum Gasteiger partial charge on any atom is 0.344 e. The molecule has 3 rings (SSSR count). The maximum atomic E-state index is 13.0. The van der Waals surface area contributed by atoms with E-state index < -0.39 is 26.4 Å². The van der Waals surface area contributed by atoms with Gasteiger partial charge in [-0.1, -0.05) is 72.8 Å². The minimum Gasteiger partial charge on any atom is -0.482 e. The van der Waals surface area contributed by atoms with Gasteiger partial charge in [-0.2, -0.15) is 8.42 Å². The number of hydrogen-bond donors (Lipinski definition) is 1. The molecule has 168 valence electrons. The molecule has 0 bridgehead atoms. The van der Waals surface area contributed by atoms with Gasteiger partial charge >= 0.3 is 5.97 Å². The highest BCUT2D eigenvalue weighted by atomic mass is 32.2. The summed E-state index contributed by atoms with van der Waals surface area (Å²) >= 11 is 0. The largest absolute Gasteiger partial charge is 0.482 e. The number of rotatable bonds is 7. The fourth-order valence-electron chi connectivity index (χ4n) is 3.59. The lowest BCUT2D eigenvalue weighted by Gasteiger charge is -2.32. The van der Waals surface area contributed by atoms with Crippen LogP contribution in [-0.2, 0) is 24.4 Å². The summed E-state index contributed by atoms with van der Waals surface area (Å²) in [5.74, 6) is -0.146. The van der Waals surface area contributed by atoms with Gasteiger partial charge in [-0.25, -0.2) is 4.79 Å². The quantitative estimate of drug-likeness (QED) is 0.319. The molecule has 3 aromatic carbocycles. The van der Waals surface area contributed by atoms with Crippen LogP contribution in [0.1, 0.15) is 37.5 Å². The molecule has 0 aromatic heterocycles. The van der Waals surface area contributed by atoms with Crippen LogP contribution in [0.3, 0.4) is 0 Å². The van der Waals surface area contributed by atoms with E-state index in [2.05, 4.69) is 0 Å². The molecule has 32 heavy (non-hydrogen) atoms. The van der Waals surface area contributed by atoms with E-state index in [0.717, 1.165) is 0 Å². The smallest absolute Gasteiger partial charge is 0.344 e. The van der Waals surface area contributed by atoms with Gasteiger partial charge in [-0.3, -0.25) is 4.55 Å². The van der Waals surface area contributed by atoms with Crippen molar-refractivity contribution in [2.75, 3.05) is 6.61 Å². The van der Waals surface area contributed by atoms with E-state index >= 15 is 0 Å². The van der Waals surface area contributed by atoms with Gasteiger partial charge in [-0.05, 0) is 49.6 Å². The molecule has 0 unspecified atom stereocenters. The van der Waals surface area contributed by atoms with Crippen LogP contribution in [0.5, 0.6) is 5.75 Å². The number of carbonyl (C=O) groups excluding carboxylic acids is 1. The second-order valence-electron chi connectivity index (χ2n) is 8.29. The molecule has 0 fully saturated rings. The number of carbonyl (C=O) groups is 1. The molecular formula is C25H26O6S. The standard InChI is InChI=1S/C25H26O6S/c1-24(2,3)31-23(26)18-30-22-16-14-21(15-17-22)25(32(27,28)29,19-10-6-4-7-11-19)20-12-8-5-9-13-20/h4-17H,18H2,1-3H3,(H,27,28,29). The average Bonchev–Trinajstić information content (AvgIpc) is 2.73. The van der Waals surface area contributed by atoms with Crippen LogP contribution in [0.2, 0.25) is 0 Å². The molecule has 0 heterocycles. The number of ether oxygens (including phenoxy) is 2. The Morgan fingerprint density at radius 1 is 0.781 bits per heavy atom. The van der Waals surface area contributed by atoms with Crippen molar-refractivity contribution in [1.82, 2.24) is 0 Å². The van der Waals surface area contributed by atoms with Crippen molar-refractivity contribution in [3.05, 3.63) is 102 Å². The summed E-state index contributed by atoms with van der Waals surface area (Å²) in [6, 6.07) is 23.3. The normalized spacial score (nSPS) is 12.2. The molecule has 7 heteroatoms. The van der Waals surface area contributed by atoms with Crippen molar-refractivity contribution in [3.8, 4) is 5.75 Å². The minimum atomic E-state index is -4.66. The van der Waals surface area contributed by atoms with Gasteiger partial charge in [0, 0.05) is 0 Å². The Hall–Kier alpha value is -3.16. The van der Waals surface area contributed by atoms with Crippen LogP contribution in [0.15, 0.2) is 84.9 Å². The van der Waals surface area contributed by atoms with E-state index in [9.17, 15) is 17.8 Å². The van der Waals surface area contributed by atoms with Gasteiger partial charge in [0.25, 0.3) is 10.1 Å². The third-order valence-electron chi connectivity index (χ3n) is 4.79. The van der Waals surface area contributed by atoms with Crippen LogP contribution in [0, 0.1) is 0 Å². The third-order valence-corrected chi connectivity index (χ3v) is 6.27. The summed E-state index contributed by atoms with van der Waals surface area (Å²) in [5, 5.41) is 0. The summed E-state index contributed by atoms with van der Waals surface area (Å²) in [4.78, 5) is 11.9. The van der Waals surface area contributed by atoms with Crippen molar-refractivity contribution in [3.63, 3.8) is 0 Å². The summed E-state index contributed by atoms with van der Waals surface area (Å²) < 4.78 is 45.3. The van der Waals surface area contributed by atoms with E-state index in [1.54, 1.807) is 106 Å². The molecule has 0 amide bonds. The van der Waals surface area contributed by atoms with E-state index in [-0.39, 0.29) is 6.61 Å². The monoisotopic (exact) mass is 454 g/mol. The minimum absolute atomic E-state index is 0.280. The molecule has 0 atom stereocenters. The molecule has 0 aliphatic heterocycles. The fraction of sp³-hybridized carbons (Fsp3) is 0.240. The number of esters is 1. The molecule has 0 aliphatic rings. The molecule has 1 N–H and O–H groups in total. The SMILES string of the molecule is CC(C)(C)OC(=O)COc1ccc(C(c2ccccc2)(c2ccccc2)S(=O)(=O)O)cc1. The Morgan fingerprint density at radius 3 is 1.62 bits per heavy atom. The molecule has 0 saturated heterocycles. The van der Waals surface area contributed by atoms with Crippen molar-refractivity contribution in [2.24, 2.45) is 0 Å². The molecular weight excluding hydrogens is 428 g/mol. The Morgan fingerprint density at radius 2 is 1.22 bits per heavy atom. The van der Waals surface area contributed by atoms with Crippen LogP contribution >= 0.6 is 0 Å². The topological polar surface area (TPSA) is 89.9 Å². The van der Waals surface area contributed by atoms with Gasteiger partial charge in [0.05, 0.1) is 0 Å². The highest BCUT2D eigenvalue weighted by Crippen LogP contribution is 2.43. The first-order valence-corrected chi connectivity index (χ1v) is 11.5. The fourth-order valence-corrected chi connectivity index (χ4v) is 4.89. The van der Waals surface area contributed by atoms with Crippen LogP contribution < -0.4 is 4.74 Å². The van der Waals surface area contributed by atoms with Crippen molar-refractivity contribution >= 4 is 16.1 Å². The molecule has 0 spiro atoms. The van der Waals surface area contributed by atoms with Crippen LogP contribution in [0.4, 0.5) is 0 Å². The van der Waals surface area contributed by atoms with Gasteiger partial charge < -0.3 is 9.47 Å². The molecule has 6 nitrogen and oxygen atoms in total. The molecule has 0 saturated carbocycles. The lowest BCUT2D eigenvalue weighted by Crippen LogP contribution is -2.38. The first kappa shape index (κ1) is 23.5. The van der Waals surface area contributed by atoms with E-state index in [1.807, 2.05) is 0 Å². The highest BCUT2D eigenvalue weighted by molar-refractivity contribution is 7.87. The summed E-state index contributed by atoms with van der Waals surface area (Å²) in [6.07, 6.45) is 0. The Kier molecular flexibility index (Phi) is 6.71. The van der Waals surface area contributed by atoms with E-state index in [4.69, 9.17) is 9.47 Å². The zero-order valence-electron chi connectivity index (χ0n) is 18.2. The van der Waals surface area contributed by atoms with E-state index in [1.165, 1.54) is 0 Å². The predicted octanol–water partition coefficient (Wildman–Crippen LogP) is 4.59. The highest BCUT2D eigenvalue weighted by Gasteiger charge is 2.48. The van der Waals surface area contributed by atoms with Gasteiger partial charge in [0.15, 0.2) is 11.4 Å². The third kappa shape index (κ3) is 5.00. The summed E-state index contributed by atoms with van der Waals surface area (Å²) in [6.45, 7) is 5.02. The van der Waals surface area contributed by atoms with Crippen molar-refractivity contribution in [2.45, 2.75) is 31.1 Å².